The van der Waals surface area contributed by atoms with E-state index < -0.39 is 0 Å². The number of nitrogens with zero attached hydrogens (tertiary/aromatic N) is 1. The van der Waals surface area contributed by atoms with Crippen molar-refractivity contribution in [3.05, 3.63) is 95.2 Å². The van der Waals surface area contributed by atoms with Crippen LogP contribution < -0.4 is 15.0 Å². The minimum absolute atomic E-state index is 0.0177. The van der Waals surface area contributed by atoms with E-state index in [1.54, 1.807) is 6.07 Å². The van der Waals surface area contributed by atoms with E-state index >= 15 is 0 Å². The molecule has 1 aliphatic rings. The number of imide groups is 1. The van der Waals surface area contributed by atoms with Crippen LogP contribution >= 0.6 is 0 Å². The van der Waals surface area contributed by atoms with Gasteiger partial charge in [-0.05, 0) is 79.3 Å². The molecule has 0 spiro atoms. The van der Waals surface area contributed by atoms with E-state index in [-0.39, 0.29) is 29.0 Å². The van der Waals surface area contributed by atoms with Gasteiger partial charge < -0.3 is 10.1 Å². The Kier molecular flexibility index (Phi) is 6.53. The van der Waals surface area contributed by atoms with Crippen molar-refractivity contribution < 1.29 is 14.3 Å². The summed E-state index contributed by atoms with van der Waals surface area (Å²) in [6.07, 6.45) is 0.0415. The van der Waals surface area contributed by atoms with Gasteiger partial charge in [0, 0.05) is 5.69 Å². The highest BCUT2D eigenvalue weighted by Crippen LogP contribution is 2.35. The Morgan fingerprint density at radius 1 is 0.857 bits per heavy atom. The summed E-state index contributed by atoms with van der Waals surface area (Å²) in [7, 11) is 0. The van der Waals surface area contributed by atoms with Crippen LogP contribution in [0.5, 0.6) is 5.75 Å². The summed E-state index contributed by atoms with van der Waals surface area (Å²) in [5, 5.41) is 3.25. The number of nitrogens with one attached hydrogen (secondary N) is 1. The molecule has 5 heteroatoms. The van der Waals surface area contributed by atoms with Gasteiger partial charge in [0.25, 0.3) is 11.8 Å². The molecule has 2 amide bonds. The fourth-order valence-corrected chi connectivity index (χ4v) is 4.09. The lowest BCUT2D eigenvalue weighted by Gasteiger charge is -2.19. The van der Waals surface area contributed by atoms with Crippen molar-refractivity contribution in [2.45, 2.75) is 53.1 Å². The average molecular weight is 469 g/mol. The lowest BCUT2D eigenvalue weighted by molar-refractivity contribution is -0.120. The molecule has 4 rings (SSSR count). The summed E-state index contributed by atoms with van der Waals surface area (Å²) in [5.41, 5.74) is 4.74. The minimum atomic E-state index is -0.377. The largest absolute Gasteiger partial charge is 0.491 e. The molecule has 35 heavy (non-hydrogen) atoms. The second-order valence-corrected chi connectivity index (χ2v) is 10.2. The highest BCUT2D eigenvalue weighted by Gasteiger charge is 2.40. The van der Waals surface area contributed by atoms with Crippen LogP contribution in [0, 0.1) is 6.92 Å². The van der Waals surface area contributed by atoms with Gasteiger partial charge in [0.1, 0.15) is 11.4 Å². The molecular weight excluding hydrogens is 436 g/mol. The van der Waals surface area contributed by atoms with Crippen molar-refractivity contribution in [2.75, 3.05) is 10.2 Å². The van der Waals surface area contributed by atoms with E-state index in [1.807, 2.05) is 87.5 Å². The third kappa shape index (κ3) is 5.14. The van der Waals surface area contributed by atoms with Crippen molar-refractivity contribution in [1.29, 1.82) is 0 Å². The fourth-order valence-electron chi connectivity index (χ4n) is 4.09. The van der Waals surface area contributed by atoms with E-state index in [1.165, 1.54) is 10.5 Å². The predicted octanol–water partition coefficient (Wildman–Crippen LogP) is 6.48. The maximum atomic E-state index is 13.7. The number of rotatable bonds is 6. The molecular formula is C30H32N2O3. The van der Waals surface area contributed by atoms with Gasteiger partial charge in [-0.25, -0.2) is 4.90 Å². The van der Waals surface area contributed by atoms with Crippen LogP contribution in [-0.4, -0.2) is 17.9 Å². The summed E-state index contributed by atoms with van der Waals surface area (Å²) in [6, 6.07) is 22.7. The summed E-state index contributed by atoms with van der Waals surface area (Å²) in [4.78, 5) is 28.5. The minimum Gasteiger partial charge on any atom is -0.491 e. The predicted molar refractivity (Wildman–Crippen MR) is 142 cm³/mol. The van der Waals surface area contributed by atoms with Gasteiger partial charge in [0.15, 0.2) is 0 Å². The molecule has 0 saturated heterocycles. The second kappa shape index (κ2) is 9.41. The highest BCUT2D eigenvalue weighted by atomic mass is 16.5. The number of carbonyl (C=O) groups is 2. The van der Waals surface area contributed by atoms with Gasteiger partial charge in [-0.15, -0.1) is 0 Å². The Labute approximate surface area is 207 Å². The lowest BCUT2D eigenvalue weighted by Crippen LogP contribution is -2.32. The van der Waals surface area contributed by atoms with Crippen LogP contribution in [0.2, 0.25) is 0 Å². The van der Waals surface area contributed by atoms with E-state index in [4.69, 9.17) is 4.74 Å². The average Bonchev–Trinajstić information content (AvgIpc) is 3.03. The van der Waals surface area contributed by atoms with Crippen LogP contribution in [0.25, 0.3) is 5.57 Å². The number of benzene rings is 3. The number of carbonyl (C=O) groups excluding carboxylic acids is 2. The maximum Gasteiger partial charge on any atom is 0.282 e. The topological polar surface area (TPSA) is 58.6 Å². The quantitative estimate of drug-likeness (QED) is 0.421. The smallest absolute Gasteiger partial charge is 0.282 e. The summed E-state index contributed by atoms with van der Waals surface area (Å²) < 4.78 is 5.75. The van der Waals surface area contributed by atoms with Gasteiger partial charge in [-0.2, -0.15) is 0 Å². The van der Waals surface area contributed by atoms with E-state index in [0.717, 1.165) is 11.3 Å². The number of hydrogen-bond donors (Lipinski definition) is 1. The monoisotopic (exact) mass is 468 g/mol. The fraction of sp³-hybridized carbons (Fsp3) is 0.267. The maximum absolute atomic E-state index is 13.7. The van der Waals surface area contributed by atoms with Gasteiger partial charge in [-0.1, -0.05) is 57.2 Å². The molecule has 3 aromatic carbocycles. The molecule has 0 bridgehead atoms. The van der Waals surface area contributed by atoms with Gasteiger partial charge >= 0.3 is 0 Å². The highest BCUT2D eigenvalue weighted by molar-refractivity contribution is 6.46. The molecule has 0 atom stereocenters. The summed E-state index contributed by atoms with van der Waals surface area (Å²) in [6.45, 7) is 12.3. The Morgan fingerprint density at radius 3 is 2.09 bits per heavy atom. The van der Waals surface area contributed by atoms with E-state index in [9.17, 15) is 9.59 Å². The molecule has 1 N–H and O–H groups in total. The number of amides is 2. The van der Waals surface area contributed by atoms with Crippen molar-refractivity contribution >= 4 is 28.8 Å². The Hall–Kier alpha value is -3.86. The van der Waals surface area contributed by atoms with Gasteiger partial charge in [0.05, 0.1) is 17.4 Å². The van der Waals surface area contributed by atoms with E-state index in [2.05, 4.69) is 26.1 Å². The van der Waals surface area contributed by atoms with Crippen LogP contribution in [0.1, 0.15) is 51.3 Å². The zero-order chi connectivity index (χ0) is 25.3. The summed E-state index contributed by atoms with van der Waals surface area (Å²) in [5.74, 6) is -0.0196. The molecule has 0 saturated carbocycles. The normalized spacial score (nSPS) is 14.2. The zero-order valence-electron chi connectivity index (χ0n) is 21.2. The van der Waals surface area contributed by atoms with Crippen LogP contribution in [0.4, 0.5) is 11.4 Å². The van der Waals surface area contributed by atoms with Crippen molar-refractivity contribution in [2.24, 2.45) is 0 Å². The van der Waals surface area contributed by atoms with Crippen molar-refractivity contribution in [1.82, 2.24) is 0 Å². The molecule has 1 heterocycles. The van der Waals surface area contributed by atoms with Crippen molar-refractivity contribution in [3.63, 3.8) is 0 Å². The third-order valence-corrected chi connectivity index (χ3v) is 5.88. The second-order valence-electron chi connectivity index (χ2n) is 10.2. The van der Waals surface area contributed by atoms with Gasteiger partial charge in [0.2, 0.25) is 0 Å². The van der Waals surface area contributed by atoms with Crippen LogP contribution in [-0.2, 0) is 15.0 Å². The molecule has 0 aliphatic carbocycles. The molecule has 0 radical (unpaired) electrons. The lowest BCUT2D eigenvalue weighted by atomic mass is 9.87. The molecule has 5 nitrogen and oxygen atoms in total. The first-order chi connectivity index (χ1) is 16.5. The number of hydrogen-bond acceptors (Lipinski definition) is 4. The molecule has 0 unspecified atom stereocenters. The Morgan fingerprint density at radius 2 is 1.51 bits per heavy atom. The molecule has 3 aromatic rings. The van der Waals surface area contributed by atoms with Gasteiger partial charge in [-0.3, -0.25) is 9.59 Å². The van der Waals surface area contributed by atoms with E-state index in [0.29, 0.717) is 22.6 Å². The standard InChI is InChI=1S/C30H32N2O3/c1-19(2)35-25-16-10-21(11-17-25)26-27(31-23-14-12-22(13-15-23)30(4,5)6)29(34)32(28(26)33)24-9-7-8-20(3)18-24/h7-19,31H,1-6H3. The molecule has 0 aromatic heterocycles. The first-order valence-corrected chi connectivity index (χ1v) is 11.9. The number of ether oxygens (including phenoxy) is 1. The molecule has 0 fully saturated rings. The first-order valence-electron chi connectivity index (χ1n) is 11.9. The Balaban J connectivity index is 1.76. The third-order valence-electron chi connectivity index (χ3n) is 5.88. The van der Waals surface area contributed by atoms with Crippen LogP contribution in [0.15, 0.2) is 78.5 Å². The van der Waals surface area contributed by atoms with Crippen molar-refractivity contribution in [3.8, 4) is 5.75 Å². The Bertz CT molecular complexity index is 1280. The SMILES string of the molecule is Cc1cccc(N2C(=O)C(Nc3ccc(C(C)(C)C)cc3)=C(c3ccc(OC(C)C)cc3)C2=O)c1. The summed E-state index contributed by atoms with van der Waals surface area (Å²) >= 11 is 0. The first kappa shape index (κ1) is 24.3. The number of aryl methyl sites for hydroxylation is 1. The van der Waals surface area contributed by atoms with Crippen LogP contribution in [0.3, 0.4) is 0 Å². The molecule has 1 aliphatic heterocycles. The number of anilines is 2. The zero-order valence-corrected chi connectivity index (χ0v) is 21.2. The molecule has 180 valence electrons.